The van der Waals surface area contributed by atoms with E-state index in [1.165, 1.54) is 6.08 Å². The quantitative estimate of drug-likeness (QED) is 0.715. The minimum absolute atomic E-state index is 0.0786. The van der Waals surface area contributed by atoms with Crippen LogP contribution in [0.1, 0.15) is 17.5 Å². The summed E-state index contributed by atoms with van der Waals surface area (Å²) < 4.78 is 5.18. The maximum atomic E-state index is 11.7. The fraction of sp³-hybridized carbons (Fsp3) is 0.333. The molecular formula is C15H18N2O4. The van der Waals surface area contributed by atoms with Crippen molar-refractivity contribution in [3.63, 3.8) is 0 Å². The van der Waals surface area contributed by atoms with Gasteiger partial charge in [0.05, 0.1) is 12.6 Å². The summed E-state index contributed by atoms with van der Waals surface area (Å²) in [7, 11) is 0. The lowest BCUT2D eigenvalue weighted by atomic mass is 10.1. The predicted octanol–water partition coefficient (Wildman–Crippen LogP) is 1.37. The Morgan fingerprint density at radius 2 is 2.29 bits per heavy atom. The molecule has 0 spiro atoms. The molecule has 1 aromatic carbocycles. The van der Waals surface area contributed by atoms with Gasteiger partial charge in [0.15, 0.2) is 0 Å². The van der Waals surface area contributed by atoms with Gasteiger partial charge in [-0.1, -0.05) is 18.2 Å². The Balaban J connectivity index is 1.83. The number of benzene rings is 1. The van der Waals surface area contributed by atoms with Crippen molar-refractivity contribution in [3.05, 3.63) is 41.5 Å². The molecule has 0 aromatic heterocycles. The van der Waals surface area contributed by atoms with Gasteiger partial charge in [0.25, 0.3) is 0 Å². The van der Waals surface area contributed by atoms with Gasteiger partial charge in [-0.05, 0) is 29.7 Å². The molecule has 0 bridgehead atoms. The molecule has 0 radical (unpaired) electrons. The van der Waals surface area contributed by atoms with Crippen LogP contribution < -0.4 is 10.6 Å². The minimum atomic E-state index is -0.989. The summed E-state index contributed by atoms with van der Waals surface area (Å²) in [6.45, 7) is 1.62. The zero-order valence-corrected chi connectivity index (χ0v) is 11.5. The Hall–Kier alpha value is -2.34. The molecular weight excluding hydrogens is 272 g/mol. The number of nitrogens with one attached hydrogen (secondary N) is 2. The summed E-state index contributed by atoms with van der Waals surface area (Å²) in [4.78, 5) is 22.2. The Morgan fingerprint density at radius 1 is 1.43 bits per heavy atom. The molecule has 1 unspecified atom stereocenters. The van der Waals surface area contributed by atoms with Crippen LogP contribution in [-0.2, 0) is 16.1 Å². The summed E-state index contributed by atoms with van der Waals surface area (Å²) in [5.74, 6) is -0.989. The normalized spacial score (nSPS) is 17.8. The number of aliphatic carboxylic acids is 1. The molecule has 0 aliphatic carbocycles. The molecule has 112 valence electrons. The monoisotopic (exact) mass is 290 g/mol. The molecule has 6 nitrogen and oxygen atoms in total. The highest BCUT2D eigenvalue weighted by molar-refractivity contribution is 5.85. The molecule has 1 aliphatic rings. The summed E-state index contributed by atoms with van der Waals surface area (Å²) >= 11 is 0. The maximum absolute atomic E-state index is 11.7. The largest absolute Gasteiger partial charge is 0.478 e. The zero-order valence-electron chi connectivity index (χ0n) is 11.5. The van der Waals surface area contributed by atoms with Gasteiger partial charge in [-0.15, -0.1) is 0 Å². The van der Waals surface area contributed by atoms with Crippen molar-refractivity contribution in [1.82, 2.24) is 10.6 Å². The van der Waals surface area contributed by atoms with E-state index in [0.717, 1.165) is 23.6 Å². The second-order valence-corrected chi connectivity index (χ2v) is 4.80. The number of amides is 2. The van der Waals surface area contributed by atoms with Crippen molar-refractivity contribution in [2.24, 2.45) is 0 Å². The molecule has 1 aliphatic heterocycles. The van der Waals surface area contributed by atoms with Crippen LogP contribution in [-0.4, -0.2) is 36.4 Å². The minimum Gasteiger partial charge on any atom is -0.478 e. The molecule has 2 amide bonds. The number of rotatable bonds is 5. The molecule has 1 aromatic rings. The van der Waals surface area contributed by atoms with E-state index in [2.05, 4.69) is 10.6 Å². The third kappa shape index (κ3) is 5.27. The lowest BCUT2D eigenvalue weighted by molar-refractivity contribution is -0.131. The highest BCUT2D eigenvalue weighted by atomic mass is 16.5. The van der Waals surface area contributed by atoms with Crippen LogP contribution in [0, 0.1) is 0 Å². The summed E-state index contributed by atoms with van der Waals surface area (Å²) in [6.07, 6.45) is 3.43. The van der Waals surface area contributed by atoms with Crippen LogP contribution in [0.3, 0.4) is 0 Å². The maximum Gasteiger partial charge on any atom is 0.328 e. The van der Waals surface area contributed by atoms with Crippen LogP contribution in [0.4, 0.5) is 4.79 Å². The lowest BCUT2D eigenvalue weighted by Crippen LogP contribution is -2.42. The van der Waals surface area contributed by atoms with E-state index >= 15 is 0 Å². The van der Waals surface area contributed by atoms with Crippen LogP contribution in [0.25, 0.3) is 6.08 Å². The van der Waals surface area contributed by atoms with Crippen LogP contribution in [0.15, 0.2) is 30.3 Å². The van der Waals surface area contributed by atoms with Gasteiger partial charge < -0.3 is 20.5 Å². The topological polar surface area (TPSA) is 87.7 Å². The molecule has 21 heavy (non-hydrogen) atoms. The van der Waals surface area contributed by atoms with Gasteiger partial charge in [0.1, 0.15) is 0 Å². The standard InChI is InChI=1S/C15H18N2O4/c18-14(19)5-4-11-2-1-3-12(8-11)9-16-15(20)17-13-6-7-21-10-13/h1-5,8,13H,6-7,9-10H2,(H,18,19)(H2,16,17,20)/b5-4+. The van der Waals surface area contributed by atoms with Gasteiger partial charge in [-0.3, -0.25) is 0 Å². The van der Waals surface area contributed by atoms with Crippen molar-refractivity contribution in [3.8, 4) is 0 Å². The molecule has 1 fully saturated rings. The fourth-order valence-corrected chi connectivity index (χ4v) is 2.04. The van der Waals surface area contributed by atoms with E-state index in [9.17, 15) is 9.59 Å². The van der Waals surface area contributed by atoms with Gasteiger partial charge >= 0.3 is 12.0 Å². The highest BCUT2D eigenvalue weighted by Crippen LogP contribution is 2.07. The van der Waals surface area contributed by atoms with Gasteiger partial charge in [0, 0.05) is 19.2 Å². The third-order valence-corrected chi connectivity index (χ3v) is 3.09. The highest BCUT2D eigenvalue weighted by Gasteiger charge is 2.17. The number of carbonyl (C=O) groups is 2. The zero-order chi connectivity index (χ0) is 15.1. The number of hydrogen-bond donors (Lipinski definition) is 3. The molecule has 0 saturated carbocycles. The van der Waals surface area contributed by atoms with E-state index in [4.69, 9.17) is 9.84 Å². The SMILES string of the molecule is O=C(O)/C=C/c1cccc(CNC(=O)NC2CCOC2)c1. The number of urea groups is 1. The van der Waals surface area contributed by atoms with Crippen molar-refractivity contribution in [1.29, 1.82) is 0 Å². The fourth-order valence-electron chi connectivity index (χ4n) is 2.04. The van der Waals surface area contributed by atoms with Crippen molar-refractivity contribution in [2.75, 3.05) is 13.2 Å². The van der Waals surface area contributed by atoms with Gasteiger partial charge in [-0.25, -0.2) is 9.59 Å². The first-order valence-electron chi connectivity index (χ1n) is 6.75. The number of carboxylic acids is 1. The first-order chi connectivity index (χ1) is 10.1. The molecule has 1 atom stereocenters. The number of carbonyl (C=O) groups excluding carboxylic acids is 1. The second kappa shape index (κ2) is 7.44. The molecule has 3 N–H and O–H groups in total. The van der Waals surface area contributed by atoms with Gasteiger partial charge in [0.2, 0.25) is 0 Å². The lowest BCUT2D eigenvalue weighted by Gasteiger charge is -2.12. The first-order valence-corrected chi connectivity index (χ1v) is 6.75. The van der Waals surface area contributed by atoms with Gasteiger partial charge in [-0.2, -0.15) is 0 Å². The van der Waals surface area contributed by atoms with E-state index in [1.54, 1.807) is 6.07 Å². The van der Waals surface area contributed by atoms with E-state index in [1.807, 2.05) is 18.2 Å². The van der Waals surface area contributed by atoms with Crippen molar-refractivity contribution >= 4 is 18.1 Å². The summed E-state index contributed by atoms with van der Waals surface area (Å²) in [5, 5.41) is 14.2. The van der Waals surface area contributed by atoms with E-state index in [-0.39, 0.29) is 12.1 Å². The number of ether oxygens (including phenoxy) is 1. The average Bonchev–Trinajstić information content (AvgIpc) is 2.96. The second-order valence-electron chi connectivity index (χ2n) is 4.80. The molecule has 1 saturated heterocycles. The molecule has 6 heteroatoms. The Kier molecular flexibility index (Phi) is 5.34. The Bertz CT molecular complexity index is 536. The first kappa shape index (κ1) is 15.1. The summed E-state index contributed by atoms with van der Waals surface area (Å²) in [6, 6.07) is 7.18. The van der Waals surface area contributed by atoms with E-state index in [0.29, 0.717) is 19.8 Å². The average molecular weight is 290 g/mol. The molecule has 2 rings (SSSR count). The number of carboxylic acid groups (broad SMARTS) is 1. The van der Waals surface area contributed by atoms with Crippen LogP contribution in [0.5, 0.6) is 0 Å². The Morgan fingerprint density at radius 3 is 3.00 bits per heavy atom. The molecule has 1 heterocycles. The van der Waals surface area contributed by atoms with Crippen LogP contribution >= 0.6 is 0 Å². The Labute approximate surface area is 122 Å². The van der Waals surface area contributed by atoms with E-state index < -0.39 is 5.97 Å². The smallest absolute Gasteiger partial charge is 0.328 e. The predicted molar refractivity (Wildman–Crippen MR) is 77.7 cm³/mol. The third-order valence-electron chi connectivity index (χ3n) is 3.09. The van der Waals surface area contributed by atoms with Crippen molar-refractivity contribution in [2.45, 2.75) is 19.0 Å². The van der Waals surface area contributed by atoms with Crippen LogP contribution in [0.2, 0.25) is 0 Å². The summed E-state index contributed by atoms with van der Waals surface area (Å²) in [5.41, 5.74) is 1.68. The number of hydrogen-bond acceptors (Lipinski definition) is 3. The van der Waals surface area contributed by atoms with Crippen molar-refractivity contribution < 1.29 is 19.4 Å².